The van der Waals surface area contributed by atoms with Gasteiger partial charge in [0.05, 0.1) is 25.7 Å². The van der Waals surface area contributed by atoms with Gasteiger partial charge in [-0.2, -0.15) is 0 Å². The van der Waals surface area contributed by atoms with E-state index >= 15 is 0 Å². The van der Waals surface area contributed by atoms with Crippen LogP contribution in [-0.4, -0.2) is 38.5 Å². The molecule has 2 aromatic carbocycles. The van der Waals surface area contributed by atoms with E-state index in [4.69, 9.17) is 9.47 Å². The number of nitrogens with zero attached hydrogens (tertiary/aromatic N) is 2. The lowest BCUT2D eigenvalue weighted by atomic mass is 10.0. The highest BCUT2D eigenvalue weighted by Gasteiger charge is 2.08. The van der Waals surface area contributed by atoms with Crippen molar-refractivity contribution in [2.24, 2.45) is 4.99 Å². The van der Waals surface area contributed by atoms with Crippen LogP contribution in [0, 0.1) is 13.8 Å². The molecule has 4 heteroatoms. The second kappa shape index (κ2) is 10.7. The lowest BCUT2D eigenvalue weighted by Gasteiger charge is -2.13. The van der Waals surface area contributed by atoms with Crippen molar-refractivity contribution in [2.45, 2.75) is 40.2 Å². The van der Waals surface area contributed by atoms with Gasteiger partial charge < -0.3 is 14.4 Å². The molecule has 0 fully saturated rings. The van der Waals surface area contributed by atoms with Gasteiger partial charge in [0.2, 0.25) is 0 Å². The second-order valence-electron chi connectivity index (χ2n) is 6.91. The van der Waals surface area contributed by atoms with Crippen LogP contribution < -0.4 is 4.74 Å². The molecule has 0 unspecified atom stereocenters. The van der Waals surface area contributed by atoms with Crippen LogP contribution in [0.1, 0.15) is 35.6 Å². The van der Waals surface area contributed by atoms with Crippen molar-refractivity contribution in [1.29, 1.82) is 0 Å². The molecule has 0 N–H and O–H groups in total. The number of hydrogen-bond donors (Lipinski definition) is 0. The summed E-state index contributed by atoms with van der Waals surface area (Å²) < 4.78 is 11.4. The molecular formula is C23H32N2O2. The largest absolute Gasteiger partial charge is 0.496 e. The zero-order chi connectivity index (χ0) is 19.6. The van der Waals surface area contributed by atoms with Crippen LogP contribution in [0.3, 0.4) is 0 Å². The van der Waals surface area contributed by atoms with E-state index in [0.717, 1.165) is 43.0 Å². The van der Waals surface area contributed by atoms with Gasteiger partial charge in [0.1, 0.15) is 5.75 Å². The van der Waals surface area contributed by atoms with Gasteiger partial charge in [-0.15, -0.1) is 0 Å². The smallest absolute Gasteiger partial charge is 0.124 e. The molecule has 0 aliphatic rings. The minimum absolute atomic E-state index is 0.663. The first-order valence-corrected chi connectivity index (χ1v) is 9.58. The Kier molecular flexibility index (Phi) is 8.34. The van der Waals surface area contributed by atoms with E-state index < -0.39 is 0 Å². The Morgan fingerprint density at radius 2 is 1.96 bits per heavy atom. The van der Waals surface area contributed by atoms with Crippen LogP contribution >= 0.6 is 0 Å². The van der Waals surface area contributed by atoms with E-state index in [1.54, 1.807) is 7.11 Å². The van der Waals surface area contributed by atoms with Gasteiger partial charge in [0.25, 0.3) is 0 Å². The van der Waals surface area contributed by atoms with Crippen LogP contribution in [0.25, 0.3) is 0 Å². The summed E-state index contributed by atoms with van der Waals surface area (Å²) in [5.41, 5.74) is 5.81. The molecule has 0 bridgehead atoms. The summed E-state index contributed by atoms with van der Waals surface area (Å²) in [6, 6.07) is 12.7. The topological polar surface area (TPSA) is 34.1 Å². The molecule has 0 spiro atoms. The van der Waals surface area contributed by atoms with Gasteiger partial charge in [-0.25, -0.2) is 4.99 Å². The van der Waals surface area contributed by atoms with E-state index in [1.165, 1.54) is 16.7 Å². The van der Waals surface area contributed by atoms with Crippen LogP contribution in [-0.2, 0) is 17.8 Å². The first-order chi connectivity index (χ1) is 13.0. The van der Waals surface area contributed by atoms with Crippen molar-refractivity contribution >= 4 is 12.0 Å². The highest BCUT2D eigenvalue weighted by Crippen LogP contribution is 2.29. The number of methoxy groups -OCH3 is 1. The Morgan fingerprint density at radius 1 is 1.15 bits per heavy atom. The monoisotopic (exact) mass is 368 g/mol. The quantitative estimate of drug-likeness (QED) is 0.333. The third-order valence-electron chi connectivity index (χ3n) is 4.58. The average Bonchev–Trinajstić information content (AvgIpc) is 2.66. The lowest BCUT2D eigenvalue weighted by Crippen LogP contribution is -2.14. The van der Waals surface area contributed by atoms with E-state index in [0.29, 0.717) is 6.61 Å². The predicted molar refractivity (Wildman–Crippen MR) is 113 cm³/mol. The van der Waals surface area contributed by atoms with Gasteiger partial charge in [-0.1, -0.05) is 35.9 Å². The van der Waals surface area contributed by atoms with Crippen molar-refractivity contribution in [3.05, 3.63) is 58.7 Å². The van der Waals surface area contributed by atoms with Gasteiger partial charge in [-0.3, -0.25) is 0 Å². The standard InChI is InChI=1S/C23H32N2O2/c1-6-25(4)17-24-22-15-23(26-5)21(14-19(22)3)11-8-12-27-16-20-10-7-9-18(2)13-20/h7,9-10,13-15,17H,6,8,11-12,16H2,1-5H3/b24-17+. The van der Waals surface area contributed by atoms with Crippen LogP contribution in [0.5, 0.6) is 5.75 Å². The minimum Gasteiger partial charge on any atom is -0.496 e. The van der Waals surface area contributed by atoms with Gasteiger partial charge in [0.15, 0.2) is 0 Å². The highest BCUT2D eigenvalue weighted by molar-refractivity contribution is 5.64. The van der Waals surface area contributed by atoms with Crippen LogP contribution in [0.15, 0.2) is 41.4 Å². The number of benzene rings is 2. The molecule has 2 rings (SSSR count). The highest BCUT2D eigenvalue weighted by atomic mass is 16.5. The average molecular weight is 369 g/mol. The molecule has 0 atom stereocenters. The van der Waals surface area contributed by atoms with Crippen LogP contribution in [0.4, 0.5) is 5.69 Å². The third-order valence-corrected chi connectivity index (χ3v) is 4.58. The first kappa shape index (κ1) is 21.0. The maximum atomic E-state index is 5.83. The van der Waals surface area contributed by atoms with Crippen molar-refractivity contribution in [3.63, 3.8) is 0 Å². The fourth-order valence-electron chi connectivity index (χ4n) is 2.86. The Labute approximate surface area is 163 Å². The van der Waals surface area contributed by atoms with Crippen molar-refractivity contribution < 1.29 is 9.47 Å². The molecule has 0 aliphatic carbocycles. The Hall–Kier alpha value is -2.33. The van der Waals surface area contributed by atoms with E-state index in [1.807, 2.05) is 24.4 Å². The molecule has 0 radical (unpaired) electrons. The van der Waals surface area contributed by atoms with Crippen molar-refractivity contribution in [1.82, 2.24) is 4.90 Å². The van der Waals surface area contributed by atoms with Gasteiger partial charge in [-0.05, 0) is 50.3 Å². The molecule has 2 aromatic rings. The lowest BCUT2D eigenvalue weighted by molar-refractivity contribution is 0.118. The summed E-state index contributed by atoms with van der Waals surface area (Å²) >= 11 is 0. The maximum Gasteiger partial charge on any atom is 0.124 e. The minimum atomic E-state index is 0.663. The molecular weight excluding hydrogens is 336 g/mol. The van der Waals surface area contributed by atoms with Gasteiger partial charge >= 0.3 is 0 Å². The summed E-state index contributed by atoms with van der Waals surface area (Å²) in [5, 5.41) is 0. The number of ether oxygens (including phenoxy) is 2. The Bertz CT molecular complexity index is 756. The zero-order valence-corrected chi connectivity index (χ0v) is 17.3. The van der Waals surface area contributed by atoms with Crippen molar-refractivity contribution in [3.8, 4) is 5.75 Å². The maximum absolute atomic E-state index is 5.83. The number of aryl methyl sites for hydroxylation is 3. The SMILES string of the molecule is CCN(C)/C=N/c1cc(OC)c(CCCOCc2cccc(C)c2)cc1C. The molecule has 146 valence electrons. The summed E-state index contributed by atoms with van der Waals surface area (Å²) in [5.74, 6) is 0.894. The Morgan fingerprint density at radius 3 is 2.67 bits per heavy atom. The molecule has 0 amide bonds. The number of aliphatic imine (C=N–C) groups is 1. The third kappa shape index (κ3) is 6.72. The Balaban J connectivity index is 1.90. The zero-order valence-electron chi connectivity index (χ0n) is 17.3. The van der Waals surface area contributed by atoms with Crippen molar-refractivity contribution in [2.75, 3.05) is 27.3 Å². The summed E-state index contributed by atoms with van der Waals surface area (Å²) in [7, 11) is 3.73. The fourth-order valence-corrected chi connectivity index (χ4v) is 2.86. The molecule has 0 heterocycles. The first-order valence-electron chi connectivity index (χ1n) is 9.58. The van der Waals surface area contributed by atoms with E-state index in [-0.39, 0.29) is 0 Å². The van der Waals surface area contributed by atoms with E-state index in [9.17, 15) is 0 Å². The summed E-state index contributed by atoms with van der Waals surface area (Å²) in [4.78, 5) is 6.62. The number of hydrogen-bond acceptors (Lipinski definition) is 3. The molecule has 0 saturated carbocycles. The molecule has 4 nitrogen and oxygen atoms in total. The van der Waals surface area contributed by atoms with Gasteiger partial charge in [0, 0.05) is 26.3 Å². The predicted octanol–water partition coefficient (Wildman–Crippen LogP) is 5.07. The van der Waals surface area contributed by atoms with E-state index in [2.05, 4.69) is 56.1 Å². The summed E-state index contributed by atoms with van der Waals surface area (Å²) in [6.07, 6.45) is 3.75. The molecule has 0 saturated heterocycles. The second-order valence-corrected chi connectivity index (χ2v) is 6.91. The molecule has 0 aliphatic heterocycles. The number of rotatable bonds is 10. The molecule has 0 aromatic heterocycles. The normalized spacial score (nSPS) is 11.1. The summed E-state index contributed by atoms with van der Waals surface area (Å²) in [6.45, 7) is 8.62. The molecule has 27 heavy (non-hydrogen) atoms. The van der Waals surface area contributed by atoms with Crippen LogP contribution in [0.2, 0.25) is 0 Å². The fraction of sp³-hybridized carbons (Fsp3) is 0.435.